The highest BCUT2D eigenvalue weighted by Crippen LogP contribution is 2.14. The molecular weight excluding hydrogens is 226 g/mol. The summed E-state index contributed by atoms with van der Waals surface area (Å²) in [7, 11) is 0. The Hall–Kier alpha value is -0.610. The molecule has 1 aliphatic rings. The van der Waals surface area contributed by atoms with Crippen molar-refractivity contribution in [3.8, 4) is 0 Å². The molecule has 2 unspecified atom stereocenters. The number of hydrogen-bond acceptors (Lipinski definition) is 3. The number of carbonyl (C=O) groups is 1. The molecule has 4 nitrogen and oxygen atoms in total. The first-order valence-corrected chi connectivity index (χ1v) is 7.40. The average molecular weight is 255 g/mol. The fourth-order valence-corrected chi connectivity index (χ4v) is 2.57. The van der Waals surface area contributed by atoms with E-state index in [1.54, 1.807) is 0 Å². The van der Waals surface area contributed by atoms with E-state index in [2.05, 4.69) is 37.9 Å². The minimum Gasteiger partial charge on any atom is -0.326 e. The van der Waals surface area contributed by atoms with Gasteiger partial charge in [0.05, 0.1) is 12.7 Å². The molecule has 1 aliphatic heterocycles. The average Bonchev–Trinajstić information content (AvgIpc) is 2.75. The maximum Gasteiger partial charge on any atom is 0.241 e. The number of carbonyl (C=O) groups excluding carboxylic acids is 1. The number of nitrogens with one attached hydrogen (secondary N) is 1. The Morgan fingerprint density at radius 2 is 2.06 bits per heavy atom. The fourth-order valence-electron chi connectivity index (χ4n) is 2.57. The highest BCUT2D eigenvalue weighted by Gasteiger charge is 2.32. The number of rotatable bonds is 8. The van der Waals surface area contributed by atoms with E-state index >= 15 is 0 Å². The number of hydrogen-bond donors (Lipinski definition) is 1. The normalized spacial score (nSPS) is 21.9. The number of nitrogens with zero attached hydrogens (tertiary/aromatic N) is 2. The SMILES string of the molecule is CCC1NCN(C(C)CCCN(CC)CC)C1=O. The second-order valence-electron chi connectivity index (χ2n) is 5.15. The first-order valence-electron chi connectivity index (χ1n) is 7.40. The summed E-state index contributed by atoms with van der Waals surface area (Å²) in [6, 6.07) is 0.410. The molecule has 4 heteroatoms. The third-order valence-electron chi connectivity index (χ3n) is 4.02. The molecule has 0 aromatic heterocycles. The van der Waals surface area contributed by atoms with Gasteiger partial charge in [-0.15, -0.1) is 0 Å². The third kappa shape index (κ3) is 3.95. The summed E-state index contributed by atoms with van der Waals surface area (Å²) in [5.74, 6) is 0.285. The molecule has 1 rings (SSSR count). The fraction of sp³-hybridized carbons (Fsp3) is 0.929. The van der Waals surface area contributed by atoms with Crippen LogP contribution >= 0.6 is 0 Å². The molecule has 1 saturated heterocycles. The van der Waals surface area contributed by atoms with Crippen LogP contribution in [-0.2, 0) is 4.79 Å². The first kappa shape index (κ1) is 15.4. The van der Waals surface area contributed by atoms with Crippen LogP contribution in [0.3, 0.4) is 0 Å². The summed E-state index contributed by atoms with van der Waals surface area (Å²) < 4.78 is 0. The monoisotopic (exact) mass is 255 g/mol. The van der Waals surface area contributed by atoms with Crippen LogP contribution in [0, 0.1) is 0 Å². The zero-order valence-corrected chi connectivity index (χ0v) is 12.4. The van der Waals surface area contributed by atoms with Crippen molar-refractivity contribution in [1.82, 2.24) is 15.1 Å². The van der Waals surface area contributed by atoms with Crippen LogP contribution in [0.1, 0.15) is 47.0 Å². The molecule has 0 aliphatic carbocycles. The van der Waals surface area contributed by atoms with E-state index in [4.69, 9.17) is 0 Å². The molecule has 1 fully saturated rings. The third-order valence-corrected chi connectivity index (χ3v) is 4.02. The van der Waals surface area contributed by atoms with Crippen LogP contribution in [0.2, 0.25) is 0 Å². The van der Waals surface area contributed by atoms with E-state index in [0.717, 1.165) is 39.1 Å². The molecule has 1 amide bonds. The van der Waals surface area contributed by atoms with Crippen molar-refractivity contribution >= 4 is 5.91 Å². The van der Waals surface area contributed by atoms with Crippen LogP contribution < -0.4 is 5.32 Å². The van der Waals surface area contributed by atoms with Crippen molar-refractivity contribution in [1.29, 1.82) is 0 Å². The lowest BCUT2D eigenvalue weighted by Crippen LogP contribution is -2.37. The molecule has 106 valence electrons. The van der Waals surface area contributed by atoms with Crippen molar-refractivity contribution in [3.63, 3.8) is 0 Å². The highest BCUT2D eigenvalue weighted by atomic mass is 16.2. The van der Waals surface area contributed by atoms with Crippen LogP contribution in [0.25, 0.3) is 0 Å². The molecule has 0 radical (unpaired) electrons. The van der Waals surface area contributed by atoms with Crippen molar-refractivity contribution in [3.05, 3.63) is 0 Å². The van der Waals surface area contributed by atoms with Gasteiger partial charge in [0.1, 0.15) is 0 Å². The van der Waals surface area contributed by atoms with Crippen molar-refractivity contribution in [2.75, 3.05) is 26.3 Å². The van der Waals surface area contributed by atoms with Gasteiger partial charge in [-0.25, -0.2) is 0 Å². The Morgan fingerprint density at radius 1 is 1.39 bits per heavy atom. The quantitative estimate of drug-likeness (QED) is 0.716. The lowest BCUT2D eigenvalue weighted by atomic mass is 10.1. The predicted molar refractivity (Wildman–Crippen MR) is 75.4 cm³/mol. The van der Waals surface area contributed by atoms with E-state index in [1.807, 2.05) is 4.90 Å². The van der Waals surface area contributed by atoms with Gasteiger partial charge in [0.15, 0.2) is 0 Å². The lowest BCUT2D eigenvalue weighted by molar-refractivity contribution is -0.130. The Labute approximate surface area is 112 Å². The Kier molecular flexibility index (Phi) is 6.65. The lowest BCUT2D eigenvalue weighted by Gasteiger charge is -2.25. The largest absolute Gasteiger partial charge is 0.326 e. The smallest absolute Gasteiger partial charge is 0.241 e. The van der Waals surface area contributed by atoms with Gasteiger partial charge in [0, 0.05) is 6.04 Å². The van der Waals surface area contributed by atoms with E-state index in [9.17, 15) is 4.79 Å². The molecular formula is C14H29N3O. The van der Waals surface area contributed by atoms with E-state index in [0.29, 0.717) is 6.04 Å². The van der Waals surface area contributed by atoms with E-state index in [1.165, 1.54) is 6.42 Å². The molecule has 1 heterocycles. The summed E-state index contributed by atoms with van der Waals surface area (Å²) in [6.45, 7) is 12.7. The van der Waals surface area contributed by atoms with Crippen molar-refractivity contribution < 1.29 is 4.79 Å². The summed E-state index contributed by atoms with van der Waals surface area (Å²) in [5.41, 5.74) is 0. The van der Waals surface area contributed by atoms with Gasteiger partial charge in [0.2, 0.25) is 5.91 Å². The van der Waals surface area contributed by atoms with Gasteiger partial charge < -0.3 is 9.80 Å². The minimum absolute atomic E-state index is 0.0511. The Morgan fingerprint density at radius 3 is 2.56 bits per heavy atom. The minimum atomic E-state index is 0.0511. The van der Waals surface area contributed by atoms with Gasteiger partial charge in [-0.2, -0.15) is 0 Å². The van der Waals surface area contributed by atoms with Gasteiger partial charge >= 0.3 is 0 Å². The van der Waals surface area contributed by atoms with Crippen LogP contribution in [0.15, 0.2) is 0 Å². The molecule has 18 heavy (non-hydrogen) atoms. The zero-order chi connectivity index (χ0) is 13.5. The van der Waals surface area contributed by atoms with Crippen molar-refractivity contribution in [2.24, 2.45) is 0 Å². The van der Waals surface area contributed by atoms with Crippen LogP contribution in [-0.4, -0.2) is 54.1 Å². The molecule has 0 saturated carbocycles. The van der Waals surface area contributed by atoms with E-state index in [-0.39, 0.29) is 11.9 Å². The van der Waals surface area contributed by atoms with Gasteiger partial charge in [0.25, 0.3) is 0 Å². The molecule has 0 spiro atoms. The van der Waals surface area contributed by atoms with Crippen LogP contribution in [0.5, 0.6) is 0 Å². The Balaban J connectivity index is 2.29. The second-order valence-corrected chi connectivity index (χ2v) is 5.15. The molecule has 0 aromatic carbocycles. The van der Waals surface area contributed by atoms with Gasteiger partial charge in [-0.3, -0.25) is 10.1 Å². The predicted octanol–water partition coefficient (Wildman–Crippen LogP) is 1.66. The first-order chi connectivity index (χ1) is 8.63. The summed E-state index contributed by atoms with van der Waals surface area (Å²) in [5, 5.41) is 3.27. The Bertz CT molecular complexity index is 253. The number of amides is 1. The maximum absolute atomic E-state index is 12.0. The molecule has 0 bridgehead atoms. The maximum atomic E-state index is 12.0. The second kappa shape index (κ2) is 7.74. The topological polar surface area (TPSA) is 35.6 Å². The molecule has 2 atom stereocenters. The van der Waals surface area contributed by atoms with Gasteiger partial charge in [-0.1, -0.05) is 20.8 Å². The standard InChI is InChI=1S/C14H29N3O/c1-5-13-14(18)17(11-15-13)12(4)9-8-10-16(6-2)7-3/h12-13,15H,5-11H2,1-4H3. The summed E-state index contributed by atoms with van der Waals surface area (Å²) in [4.78, 5) is 16.5. The van der Waals surface area contributed by atoms with Crippen molar-refractivity contribution in [2.45, 2.75) is 59.0 Å². The summed E-state index contributed by atoms with van der Waals surface area (Å²) in [6.07, 6.45) is 3.16. The zero-order valence-electron chi connectivity index (χ0n) is 12.4. The van der Waals surface area contributed by atoms with E-state index < -0.39 is 0 Å². The summed E-state index contributed by atoms with van der Waals surface area (Å²) >= 11 is 0. The molecule has 1 N–H and O–H groups in total. The van der Waals surface area contributed by atoms with Crippen LogP contribution in [0.4, 0.5) is 0 Å². The van der Waals surface area contributed by atoms with Gasteiger partial charge in [-0.05, 0) is 45.8 Å². The molecule has 0 aromatic rings. The highest BCUT2D eigenvalue weighted by molar-refractivity contribution is 5.83.